The van der Waals surface area contributed by atoms with E-state index in [1.807, 2.05) is 13.8 Å². The maximum atomic E-state index is 14.5. The first-order valence-electron chi connectivity index (χ1n) is 18.0. The lowest BCUT2D eigenvalue weighted by Gasteiger charge is -2.32. The Hall–Kier alpha value is -3.06. The first-order chi connectivity index (χ1) is 23.4. The van der Waals surface area contributed by atoms with Gasteiger partial charge in [-0.3, -0.25) is 19.2 Å². The summed E-state index contributed by atoms with van der Waals surface area (Å²) in [6.45, 7) is 15.3. The van der Waals surface area contributed by atoms with E-state index < -0.39 is 71.0 Å². The Kier molecular flexibility index (Phi) is 8.68. The fourth-order valence-electron chi connectivity index (χ4n) is 9.19. The molecule has 272 valence electrons. The zero-order chi connectivity index (χ0) is 36.0. The van der Waals surface area contributed by atoms with Crippen LogP contribution in [0.3, 0.4) is 0 Å². The molecule has 12 atom stereocenters. The Morgan fingerprint density at radius 1 is 0.600 bits per heavy atom. The third-order valence-electron chi connectivity index (χ3n) is 12.2. The Morgan fingerprint density at radius 2 is 0.980 bits per heavy atom. The monoisotopic (exact) mass is 696 g/mol. The van der Waals surface area contributed by atoms with Gasteiger partial charge >= 0.3 is 11.9 Å². The van der Waals surface area contributed by atoms with Gasteiger partial charge in [-0.15, -0.1) is 0 Å². The number of fused-ring (bicyclic) bond motifs is 4. The second-order valence-electron chi connectivity index (χ2n) is 16.6. The van der Waals surface area contributed by atoms with Gasteiger partial charge < -0.3 is 28.4 Å². The van der Waals surface area contributed by atoms with Crippen molar-refractivity contribution >= 4 is 35.1 Å². The number of esters is 2. The molecule has 0 radical (unpaired) electrons. The minimum absolute atomic E-state index is 0.00599. The van der Waals surface area contributed by atoms with E-state index in [0.29, 0.717) is 12.8 Å². The number of hydrogen-bond acceptors (Lipinski definition) is 12. The van der Waals surface area contributed by atoms with E-state index in [4.69, 9.17) is 28.4 Å². The van der Waals surface area contributed by atoms with Crippen molar-refractivity contribution in [2.75, 3.05) is 0 Å². The number of epoxide rings is 2. The number of hydrogen-bond donors (Lipinski definition) is 0. The molecule has 7 heterocycles. The summed E-state index contributed by atoms with van der Waals surface area (Å²) in [6.07, 6.45) is -4.32. The molecule has 1 unspecified atom stereocenters. The number of ketones is 4. The molecule has 12 heteroatoms. The van der Waals surface area contributed by atoms with Crippen molar-refractivity contribution in [3.05, 3.63) is 24.3 Å². The van der Waals surface area contributed by atoms with Crippen LogP contribution < -0.4 is 0 Å². The van der Waals surface area contributed by atoms with Crippen LogP contribution in [-0.4, -0.2) is 94.1 Å². The summed E-state index contributed by atoms with van der Waals surface area (Å²) >= 11 is 0. The van der Waals surface area contributed by atoms with Gasteiger partial charge in [0.05, 0.1) is 11.2 Å². The van der Waals surface area contributed by atoms with Crippen LogP contribution in [0.5, 0.6) is 0 Å². The molecular formula is C38H48O12. The fraction of sp³-hybridized carbons (Fsp3) is 0.737. The summed E-state index contributed by atoms with van der Waals surface area (Å²) in [5, 5.41) is 0. The number of ether oxygens (including phenoxy) is 6. The van der Waals surface area contributed by atoms with E-state index >= 15 is 0 Å². The highest BCUT2D eigenvalue weighted by molar-refractivity contribution is 5.93. The lowest BCUT2D eigenvalue weighted by molar-refractivity contribution is -0.166. The second-order valence-corrected chi connectivity index (χ2v) is 16.6. The molecule has 0 aromatic heterocycles. The molecule has 12 nitrogen and oxygen atoms in total. The lowest BCUT2D eigenvalue weighted by atomic mass is 9.81. The van der Waals surface area contributed by atoms with Crippen LogP contribution in [-0.2, 0) is 57.2 Å². The summed E-state index contributed by atoms with van der Waals surface area (Å²) in [5.41, 5.74) is -3.67. The maximum absolute atomic E-state index is 14.5. The zero-order valence-electron chi connectivity index (χ0n) is 29.4. The Balaban J connectivity index is 1.28. The maximum Gasteiger partial charge on any atom is 0.341 e. The minimum Gasteiger partial charge on any atom is -0.457 e. The molecule has 0 aromatic carbocycles. The fourth-order valence-corrected chi connectivity index (χ4v) is 9.19. The van der Waals surface area contributed by atoms with Gasteiger partial charge in [0.2, 0.25) is 0 Å². The van der Waals surface area contributed by atoms with Crippen LogP contribution >= 0.6 is 0 Å². The largest absolute Gasteiger partial charge is 0.457 e. The number of allylic oxidation sites excluding steroid dienone is 2. The van der Waals surface area contributed by atoms with Crippen LogP contribution in [0, 0.1) is 11.8 Å². The van der Waals surface area contributed by atoms with Gasteiger partial charge in [0, 0.05) is 51.4 Å². The van der Waals surface area contributed by atoms with Crippen LogP contribution in [0.4, 0.5) is 0 Å². The summed E-state index contributed by atoms with van der Waals surface area (Å²) in [6, 6.07) is 0. The number of carbonyl (C=O) groups is 6. The van der Waals surface area contributed by atoms with Crippen molar-refractivity contribution in [2.24, 2.45) is 11.8 Å². The van der Waals surface area contributed by atoms with E-state index in [1.165, 1.54) is 0 Å². The van der Waals surface area contributed by atoms with E-state index in [0.717, 1.165) is 11.1 Å². The average Bonchev–Trinajstić information content (AvgIpc) is 3.88. The van der Waals surface area contributed by atoms with Gasteiger partial charge in [0.15, 0.2) is 22.8 Å². The predicted molar refractivity (Wildman–Crippen MR) is 174 cm³/mol. The molecule has 7 rings (SSSR count). The topological polar surface area (TPSA) is 164 Å². The third kappa shape index (κ3) is 6.34. The summed E-state index contributed by atoms with van der Waals surface area (Å²) in [7, 11) is 0. The molecule has 0 N–H and O–H groups in total. The van der Waals surface area contributed by atoms with Crippen LogP contribution in [0.1, 0.15) is 105 Å². The molecule has 7 saturated heterocycles. The Bertz CT molecular complexity index is 1450. The normalized spacial score (nSPS) is 46.6. The van der Waals surface area contributed by atoms with Crippen molar-refractivity contribution in [3.63, 3.8) is 0 Å². The molecular weight excluding hydrogens is 648 g/mol. The van der Waals surface area contributed by atoms with E-state index in [1.54, 1.807) is 13.8 Å². The van der Waals surface area contributed by atoms with Crippen LogP contribution in [0.25, 0.3) is 0 Å². The summed E-state index contributed by atoms with van der Waals surface area (Å²) in [5.74, 6) is -2.58. The highest BCUT2D eigenvalue weighted by Crippen LogP contribution is 2.55. The van der Waals surface area contributed by atoms with E-state index in [2.05, 4.69) is 13.2 Å². The van der Waals surface area contributed by atoms with Crippen molar-refractivity contribution in [1.29, 1.82) is 0 Å². The first kappa shape index (κ1) is 35.3. The Labute approximate surface area is 291 Å². The second kappa shape index (κ2) is 12.3. The van der Waals surface area contributed by atoms with Crippen molar-refractivity contribution in [1.82, 2.24) is 0 Å². The smallest absolute Gasteiger partial charge is 0.341 e. The zero-order valence-corrected chi connectivity index (χ0v) is 29.4. The van der Waals surface area contributed by atoms with Crippen molar-refractivity contribution in [2.45, 2.75) is 164 Å². The molecule has 50 heavy (non-hydrogen) atoms. The quantitative estimate of drug-likeness (QED) is 0.234. The molecule has 7 aliphatic heterocycles. The molecule has 0 saturated carbocycles. The number of Topliss-reactive ketones (excluding diaryl/α,β-unsaturated/α-hetero) is 4. The van der Waals surface area contributed by atoms with E-state index in [9.17, 15) is 28.8 Å². The summed E-state index contributed by atoms with van der Waals surface area (Å²) in [4.78, 5) is 81.6. The standard InChI is InChI=1S/C38H48O12/c1-19(2)21-7-9-37-31(49-37)29(17-35(5)15-25(41)27(47-35)13-23(39)11-21)46-34(44)38-10-8-22(20(3)4)12-24(40)14-28-26(42)16-36(6,48-28)18-30(32(38)50-38)45-33(37)43/h21-22,27-32H,1,3,7-18H2,2,4-6H3/t21-,22+,27-,28-,29-,30-,31+,32-,35?,36+,37-,38-/m1/s1. The van der Waals surface area contributed by atoms with Gasteiger partial charge in [0.1, 0.15) is 48.2 Å². The van der Waals surface area contributed by atoms with Crippen LogP contribution in [0.15, 0.2) is 24.3 Å². The molecule has 0 aliphatic carbocycles. The Morgan fingerprint density at radius 3 is 1.34 bits per heavy atom. The van der Waals surface area contributed by atoms with Gasteiger partial charge in [0.25, 0.3) is 0 Å². The molecule has 0 aromatic rings. The SMILES string of the molecule is C=C(C)[C@@H]1CC[C@@]23O[C@H]2[C@@H](CC2(C)CC(=O)[C@@H](CC(=O)C1)O2)OC(=O)[C@@]12CC[C@H](C(=C)C)CC(=O)C[C@H]4O[C@@](C)(CC4=O)C[C@@H](OC3=O)[C@H]1O2. The first-order valence-corrected chi connectivity index (χ1v) is 18.0. The van der Waals surface area contributed by atoms with E-state index in [-0.39, 0.29) is 99.2 Å². The van der Waals surface area contributed by atoms with Gasteiger partial charge in [-0.2, -0.15) is 0 Å². The highest BCUT2D eigenvalue weighted by Gasteiger charge is 2.74. The number of carbonyl (C=O) groups excluding carboxylic acids is 6. The summed E-state index contributed by atoms with van der Waals surface area (Å²) < 4.78 is 37.7. The average molecular weight is 697 g/mol. The predicted octanol–water partition coefficient (Wildman–Crippen LogP) is 3.78. The van der Waals surface area contributed by atoms with Crippen molar-refractivity contribution in [3.8, 4) is 0 Å². The molecule has 7 fully saturated rings. The van der Waals surface area contributed by atoms with Gasteiger partial charge in [-0.25, -0.2) is 9.59 Å². The minimum atomic E-state index is -1.50. The number of rotatable bonds is 2. The van der Waals surface area contributed by atoms with Crippen LogP contribution in [0.2, 0.25) is 0 Å². The van der Waals surface area contributed by atoms with Gasteiger partial charge in [-0.1, -0.05) is 24.3 Å². The molecule has 0 amide bonds. The molecule has 0 spiro atoms. The van der Waals surface area contributed by atoms with Crippen molar-refractivity contribution < 1.29 is 57.2 Å². The highest BCUT2D eigenvalue weighted by atomic mass is 16.7. The third-order valence-corrected chi connectivity index (χ3v) is 12.2. The molecule has 8 bridgehead atoms. The van der Waals surface area contributed by atoms with Gasteiger partial charge in [-0.05, 0) is 65.2 Å². The molecule has 7 aliphatic rings. The lowest BCUT2D eigenvalue weighted by Crippen LogP contribution is -2.48.